The summed E-state index contributed by atoms with van der Waals surface area (Å²) < 4.78 is 11.2. The molecule has 1 amide bonds. The molecule has 3 rings (SSSR count). The quantitative estimate of drug-likeness (QED) is 0.589. The highest BCUT2D eigenvalue weighted by Gasteiger charge is 2.26. The van der Waals surface area contributed by atoms with Gasteiger partial charge in [-0.05, 0) is 52.8 Å². The molecule has 152 valence electrons. The molecule has 0 saturated heterocycles. The van der Waals surface area contributed by atoms with Gasteiger partial charge in [0.15, 0.2) is 6.10 Å². The Morgan fingerprint density at radius 3 is 2.45 bits per heavy atom. The third kappa shape index (κ3) is 5.22. The van der Waals surface area contributed by atoms with Crippen LogP contribution in [0.4, 0.5) is 0 Å². The van der Waals surface area contributed by atoms with Crippen LogP contribution in [0.1, 0.15) is 37.8 Å². The van der Waals surface area contributed by atoms with Crippen LogP contribution in [0.15, 0.2) is 53.1 Å². The van der Waals surface area contributed by atoms with Gasteiger partial charge >= 0.3 is 0 Å². The molecule has 0 N–H and O–H groups in total. The highest BCUT2D eigenvalue weighted by molar-refractivity contribution is 5.81. The van der Waals surface area contributed by atoms with Gasteiger partial charge in [0.1, 0.15) is 12.3 Å². The number of ether oxygens (including phenoxy) is 1. The van der Waals surface area contributed by atoms with E-state index in [2.05, 4.69) is 10.1 Å². The second-order valence-electron chi connectivity index (χ2n) is 7.51. The first-order valence-corrected chi connectivity index (χ1v) is 9.77. The van der Waals surface area contributed by atoms with E-state index < -0.39 is 6.10 Å². The van der Waals surface area contributed by atoms with Crippen LogP contribution >= 0.6 is 0 Å². The fourth-order valence-corrected chi connectivity index (χ4v) is 2.99. The Morgan fingerprint density at radius 2 is 1.79 bits per heavy atom. The SMILES string of the molecule is Cc1ccc(O[C@@H](C)C(=O)N(Cc2nc(-c3cccc(C)c3)no2)C(C)C)cc1. The van der Waals surface area contributed by atoms with E-state index in [1.54, 1.807) is 11.8 Å². The Hall–Kier alpha value is -3.15. The van der Waals surface area contributed by atoms with Crippen LogP contribution in [0.5, 0.6) is 5.75 Å². The molecule has 6 heteroatoms. The third-order valence-electron chi connectivity index (χ3n) is 4.64. The second kappa shape index (κ2) is 8.90. The molecular weight excluding hydrogens is 366 g/mol. The Balaban J connectivity index is 1.71. The first-order valence-electron chi connectivity index (χ1n) is 9.77. The van der Waals surface area contributed by atoms with Crippen LogP contribution in [0.3, 0.4) is 0 Å². The first kappa shape index (κ1) is 20.6. The van der Waals surface area contributed by atoms with Crippen molar-refractivity contribution in [2.45, 2.75) is 53.3 Å². The van der Waals surface area contributed by atoms with Crippen molar-refractivity contribution in [2.24, 2.45) is 0 Å². The minimum atomic E-state index is -0.626. The number of benzene rings is 2. The lowest BCUT2D eigenvalue weighted by Crippen LogP contribution is -2.43. The summed E-state index contributed by atoms with van der Waals surface area (Å²) in [6, 6.07) is 15.5. The van der Waals surface area contributed by atoms with E-state index in [0.717, 1.165) is 16.7 Å². The van der Waals surface area contributed by atoms with E-state index in [1.807, 2.05) is 76.2 Å². The second-order valence-corrected chi connectivity index (χ2v) is 7.51. The van der Waals surface area contributed by atoms with Crippen molar-refractivity contribution in [2.75, 3.05) is 0 Å². The molecule has 29 heavy (non-hydrogen) atoms. The number of carbonyl (C=O) groups is 1. The fraction of sp³-hybridized carbons (Fsp3) is 0.348. The molecule has 0 aliphatic heterocycles. The molecule has 1 aromatic heterocycles. The summed E-state index contributed by atoms with van der Waals surface area (Å²) in [5.41, 5.74) is 3.15. The molecular formula is C23H27N3O3. The van der Waals surface area contributed by atoms with E-state index in [0.29, 0.717) is 17.5 Å². The van der Waals surface area contributed by atoms with E-state index >= 15 is 0 Å². The van der Waals surface area contributed by atoms with E-state index in [-0.39, 0.29) is 18.5 Å². The molecule has 0 saturated carbocycles. The smallest absolute Gasteiger partial charge is 0.264 e. The van der Waals surface area contributed by atoms with E-state index in [1.165, 1.54) is 0 Å². The predicted octanol–water partition coefficient (Wildman–Crippen LogP) is 4.56. The van der Waals surface area contributed by atoms with E-state index in [9.17, 15) is 4.79 Å². The minimum absolute atomic E-state index is 0.0408. The van der Waals surface area contributed by atoms with Crippen LogP contribution in [0.25, 0.3) is 11.4 Å². The lowest BCUT2D eigenvalue weighted by molar-refractivity contribution is -0.140. The number of rotatable bonds is 7. The van der Waals surface area contributed by atoms with Crippen LogP contribution in [-0.4, -0.2) is 33.1 Å². The maximum atomic E-state index is 13.0. The molecule has 1 atom stereocenters. The Morgan fingerprint density at radius 1 is 1.07 bits per heavy atom. The first-order chi connectivity index (χ1) is 13.8. The van der Waals surface area contributed by atoms with Gasteiger partial charge in [-0.3, -0.25) is 4.79 Å². The predicted molar refractivity (Wildman–Crippen MR) is 111 cm³/mol. The summed E-state index contributed by atoms with van der Waals surface area (Å²) in [4.78, 5) is 19.1. The van der Waals surface area contributed by atoms with Gasteiger partial charge in [0, 0.05) is 11.6 Å². The molecule has 0 radical (unpaired) electrons. The molecule has 0 fully saturated rings. The minimum Gasteiger partial charge on any atom is -0.481 e. The normalized spacial score (nSPS) is 12.1. The van der Waals surface area contributed by atoms with Crippen LogP contribution in [0, 0.1) is 13.8 Å². The zero-order valence-electron chi connectivity index (χ0n) is 17.5. The number of aryl methyl sites for hydroxylation is 2. The molecule has 1 heterocycles. The highest BCUT2D eigenvalue weighted by atomic mass is 16.5. The summed E-state index contributed by atoms with van der Waals surface area (Å²) in [6.07, 6.45) is -0.626. The average Bonchev–Trinajstić information content (AvgIpc) is 3.16. The van der Waals surface area contributed by atoms with Crippen molar-refractivity contribution in [3.05, 3.63) is 65.5 Å². The summed E-state index contributed by atoms with van der Waals surface area (Å²) >= 11 is 0. The number of carbonyl (C=O) groups excluding carboxylic acids is 1. The Labute approximate surface area is 171 Å². The number of hydrogen-bond acceptors (Lipinski definition) is 5. The molecule has 0 bridgehead atoms. The molecule has 0 aliphatic rings. The largest absolute Gasteiger partial charge is 0.481 e. The molecule has 3 aromatic rings. The van der Waals surface area contributed by atoms with Gasteiger partial charge in [-0.1, -0.05) is 46.6 Å². The van der Waals surface area contributed by atoms with Crippen molar-refractivity contribution in [1.82, 2.24) is 15.0 Å². The zero-order valence-corrected chi connectivity index (χ0v) is 17.5. The van der Waals surface area contributed by atoms with Gasteiger partial charge in [0.2, 0.25) is 11.7 Å². The highest BCUT2D eigenvalue weighted by Crippen LogP contribution is 2.19. The summed E-state index contributed by atoms with van der Waals surface area (Å²) in [5.74, 6) is 1.45. The fourth-order valence-electron chi connectivity index (χ4n) is 2.99. The zero-order chi connectivity index (χ0) is 21.0. The third-order valence-corrected chi connectivity index (χ3v) is 4.64. The van der Waals surface area contributed by atoms with Gasteiger partial charge in [-0.15, -0.1) is 0 Å². The molecule has 0 spiro atoms. The van der Waals surface area contributed by atoms with Gasteiger partial charge in [-0.2, -0.15) is 4.98 Å². The van der Waals surface area contributed by atoms with Crippen molar-refractivity contribution < 1.29 is 14.1 Å². The van der Waals surface area contributed by atoms with Gasteiger partial charge in [0.05, 0.1) is 0 Å². The van der Waals surface area contributed by atoms with Crippen molar-refractivity contribution in [1.29, 1.82) is 0 Å². The maximum absolute atomic E-state index is 13.0. The lowest BCUT2D eigenvalue weighted by Gasteiger charge is -2.28. The average molecular weight is 393 g/mol. The van der Waals surface area contributed by atoms with E-state index in [4.69, 9.17) is 9.26 Å². The number of hydrogen-bond donors (Lipinski definition) is 0. The van der Waals surface area contributed by atoms with Gasteiger partial charge in [0.25, 0.3) is 5.91 Å². The number of aromatic nitrogens is 2. The van der Waals surface area contributed by atoms with Gasteiger partial charge < -0.3 is 14.2 Å². The van der Waals surface area contributed by atoms with Crippen molar-refractivity contribution in [3.8, 4) is 17.1 Å². The monoisotopic (exact) mass is 393 g/mol. The Bertz CT molecular complexity index is 964. The summed E-state index contributed by atoms with van der Waals surface area (Å²) in [7, 11) is 0. The van der Waals surface area contributed by atoms with Crippen molar-refractivity contribution >= 4 is 5.91 Å². The standard InChI is InChI=1S/C23H27N3O3/c1-15(2)26(23(27)18(5)28-20-11-9-16(3)10-12-20)14-21-24-22(25-29-21)19-8-6-7-17(4)13-19/h6-13,15,18H,14H2,1-5H3/t18-/m0/s1. The molecule has 0 aliphatic carbocycles. The molecule has 6 nitrogen and oxygen atoms in total. The summed E-state index contributed by atoms with van der Waals surface area (Å²) in [5, 5.41) is 4.06. The molecule has 2 aromatic carbocycles. The van der Waals surface area contributed by atoms with Gasteiger partial charge in [-0.25, -0.2) is 0 Å². The number of nitrogens with zero attached hydrogens (tertiary/aromatic N) is 3. The summed E-state index contributed by atoms with van der Waals surface area (Å²) in [6.45, 7) is 9.91. The van der Waals surface area contributed by atoms with Crippen LogP contribution < -0.4 is 4.74 Å². The topological polar surface area (TPSA) is 68.5 Å². The molecule has 0 unspecified atom stereocenters. The lowest BCUT2D eigenvalue weighted by atomic mass is 10.1. The van der Waals surface area contributed by atoms with Crippen molar-refractivity contribution in [3.63, 3.8) is 0 Å². The van der Waals surface area contributed by atoms with Crippen LogP contribution in [0.2, 0.25) is 0 Å². The van der Waals surface area contributed by atoms with Crippen LogP contribution in [-0.2, 0) is 11.3 Å². The Kier molecular flexibility index (Phi) is 6.32. The number of amides is 1. The maximum Gasteiger partial charge on any atom is 0.264 e.